The number of carbonyl (C=O) groups excluding carboxylic acids is 3. The minimum Gasteiger partial charge on any atom is -0.493 e. The predicted octanol–water partition coefficient (Wildman–Crippen LogP) is 3.14. The molecule has 0 bridgehead atoms. The number of rotatable bonds is 4. The lowest BCUT2D eigenvalue weighted by Gasteiger charge is -2.33. The first-order valence-corrected chi connectivity index (χ1v) is 10.0. The van der Waals surface area contributed by atoms with Crippen LogP contribution < -0.4 is 10.1 Å². The zero-order valence-electron chi connectivity index (χ0n) is 16.5. The monoisotopic (exact) mass is 403 g/mol. The molecule has 0 unspecified atom stereocenters. The number of Topliss-reactive ketones (excluding diaryl/α,β-unsaturated/α-hetero) is 1. The van der Waals surface area contributed by atoms with Crippen LogP contribution >= 0.6 is 0 Å². The van der Waals surface area contributed by atoms with Crippen LogP contribution in [-0.2, 0) is 16.8 Å². The van der Waals surface area contributed by atoms with Crippen LogP contribution in [0.25, 0.3) is 10.9 Å². The fourth-order valence-corrected chi connectivity index (χ4v) is 4.49. The number of aromatic nitrogens is 1. The molecule has 2 aliphatic heterocycles. The van der Waals surface area contributed by atoms with Crippen LogP contribution in [0.2, 0.25) is 0 Å². The Hall–Kier alpha value is -3.61. The molecular formula is C23H21N3O4. The normalized spacial score (nSPS) is 20.4. The van der Waals surface area contributed by atoms with Crippen molar-refractivity contribution in [2.24, 2.45) is 0 Å². The lowest BCUT2D eigenvalue weighted by molar-refractivity contribution is -0.132. The minimum atomic E-state index is -1.18. The van der Waals surface area contributed by atoms with Gasteiger partial charge in [0.05, 0.1) is 13.2 Å². The average Bonchev–Trinajstić information content (AvgIpc) is 3.30. The van der Waals surface area contributed by atoms with Crippen molar-refractivity contribution in [3.8, 4) is 5.75 Å². The number of aryl methyl sites for hydroxylation is 1. The summed E-state index contributed by atoms with van der Waals surface area (Å²) in [4.78, 5) is 43.3. The van der Waals surface area contributed by atoms with E-state index in [0.29, 0.717) is 29.9 Å². The van der Waals surface area contributed by atoms with Crippen molar-refractivity contribution >= 4 is 28.6 Å². The van der Waals surface area contributed by atoms with Gasteiger partial charge in [-0.15, -0.1) is 0 Å². The van der Waals surface area contributed by atoms with Gasteiger partial charge in [-0.1, -0.05) is 43.3 Å². The number of nitrogens with one attached hydrogen (secondary N) is 2. The van der Waals surface area contributed by atoms with Crippen molar-refractivity contribution in [3.63, 3.8) is 0 Å². The third-order valence-electron chi connectivity index (χ3n) is 6.04. The largest absolute Gasteiger partial charge is 0.493 e. The Labute approximate surface area is 173 Å². The Morgan fingerprint density at radius 2 is 2.00 bits per heavy atom. The van der Waals surface area contributed by atoms with Gasteiger partial charge in [-0.25, -0.2) is 4.79 Å². The van der Waals surface area contributed by atoms with Crippen LogP contribution in [0.15, 0.2) is 48.7 Å². The van der Waals surface area contributed by atoms with E-state index in [1.54, 1.807) is 24.4 Å². The summed E-state index contributed by atoms with van der Waals surface area (Å²) in [7, 11) is 0. The van der Waals surface area contributed by atoms with Gasteiger partial charge in [0.2, 0.25) is 0 Å². The SMILES string of the molecule is CCc1cccc2c(C(=O)CN3C(=O)N[C@]4(CCOc5ccccc54)C3=O)c[nH]c12. The highest BCUT2D eigenvalue weighted by Gasteiger charge is 2.55. The van der Waals surface area contributed by atoms with E-state index in [2.05, 4.69) is 17.2 Å². The summed E-state index contributed by atoms with van der Waals surface area (Å²) in [5, 5.41) is 3.63. The van der Waals surface area contributed by atoms with Gasteiger partial charge >= 0.3 is 6.03 Å². The van der Waals surface area contributed by atoms with E-state index in [1.807, 2.05) is 24.3 Å². The van der Waals surface area contributed by atoms with Crippen LogP contribution in [0, 0.1) is 0 Å². The maximum atomic E-state index is 13.4. The molecule has 1 fully saturated rings. The van der Waals surface area contributed by atoms with E-state index >= 15 is 0 Å². The van der Waals surface area contributed by atoms with Gasteiger partial charge in [-0.3, -0.25) is 14.5 Å². The van der Waals surface area contributed by atoms with Crippen molar-refractivity contribution in [3.05, 3.63) is 65.4 Å². The maximum absolute atomic E-state index is 13.4. The molecular weight excluding hydrogens is 382 g/mol. The molecule has 0 aliphatic carbocycles. The number of hydrogen-bond donors (Lipinski definition) is 2. The summed E-state index contributed by atoms with van der Waals surface area (Å²) in [6.45, 7) is 2.06. The summed E-state index contributed by atoms with van der Waals surface area (Å²) in [5.74, 6) is -0.115. The number of fused-ring (bicyclic) bond motifs is 3. The fraction of sp³-hybridized carbons (Fsp3) is 0.261. The average molecular weight is 403 g/mol. The van der Waals surface area contributed by atoms with Gasteiger partial charge < -0.3 is 15.0 Å². The van der Waals surface area contributed by atoms with Crippen LogP contribution in [0.3, 0.4) is 0 Å². The van der Waals surface area contributed by atoms with Crippen LogP contribution in [0.5, 0.6) is 5.75 Å². The molecule has 2 aromatic carbocycles. The zero-order chi connectivity index (χ0) is 20.9. The quantitative estimate of drug-likeness (QED) is 0.517. The molecule has 3 heterocycles. The van der Waals surface area contributed by atoms with Crippen molar-refractivity contribution in [2.75, 3.05) is 13.2 Å². The summed E-state index contributed by atoms with van der Waals surface area (Å²) in [6.07, 6.45) is 2.82. The highest BCUT2D eigenvalue weighted by Crippen LogP contribution is 2.41. The fourth-order valence-electron chi connectivity index (χ4n) is 4.49. The molecule has 30 heavy (non-hydrogen) atoms. The first kappa shape index (κ1) is 18.4. The lowest BCUT2D eigenvalue weighted by atomic mass is 9.84. The molecule has 7 nitrogen and oxygen atoms in total. The van der Waals surface area contributed by atoms with Crippen molar-refractivity contribution in [1.29, 1.82) is 0 Å². The molecule has 0 saturated carbocycles. The van der Waals surface area contributed by atoms with E-state index in [9.17, 15) is 14.4 Å². The molecule has 5 rings (SSSR count). The Bertz CT molecular complexity index is 1200. The molecule has 3 amide bonds. The maximum Gasteiger partial charge on any atom is 0.325 e. The minimum absolute atomic E-state index is 0.282. The molecule has 1 saturated heterocycles. The second-order valence-electron chi connectivity index (χ2n) is 7.64. The number of carbonyl (C=O) groups is 3. The van der Waals surface area contributed by atoms with E-state index in [-0.39, 0.29) is 12.3 Å². The summed E-state index contributed by atoms with van der Waals surface area (Å²) in [5.41, 5.74) is 1.95. The first-order chi connectivity index (χ1) is 14.5. The second-order valence-corrected chi connectivity index (χ2v) is 7.64. The van der Waals surface area contributed by atoms with Crippen molar-refractivity contribution < 1.29 is 19.1 Å². The number of H-pyrrole nitrogens is 1. The number of nitrogens with zero attached hydrogens (tertiary/aromatic N) is 1. The third kappa shape index (κ3) is 2.55. The van der Waals surface area contributed by atoms with Gasteiger partial charge in [-0.05, 0) is 18.1 Å². The highest BCUT2D eigenvalue weighted by molar-refractivity contribution is 6.14. The third-order valence-corrected chi connectivity index (χ3v) is 6.04. The van der Waals surface area contributed by atoms with Gasteiger partial charge in [0, 0.05) is 34.6 Å². The van der Waals surface area contributed by atoms with Gasteiger partial charge in [0.25, 0.3) is 5.91 Å². The molecule has 0 radical (unpaired) electrons. The number of hydrogen-bond acceptors (Lipinski definition) is 4. The Morgan fingerprint density at radius 3 is 2.83 bits per heavy atom. The number of aromatic amines is 1. The van der Waals surface area contributed by atoms with Crippen molar-refractivity contribution in [1.82, 2.24) is 15.2 Å². The van der Waals surface area contributed by atoms with E-state index in [4.69, 9.17) is 4.74 Å². The highest BCUT2D eigenvalue weighted by atomic mass is 16.5. The standard InChI is InChI=1S/C23H21N3O4/c1-2-14-6-5-7-15-16(12-24-20(14)15)18(27)13-26-21(28)23(25-22(26)29)10-11-30-19-9-4-3-8-17(19)23/h3-9,12,24H,2,10-11,13H2,1H3,(H,25,29)/t23-/m0/s1. The van der Waals surface area contributed by atoms with Gasteiger partial charge in [-0.2, -0.15) is 0 Å². The molecule has 2 aliphatic rings. The summed E-state index contributed by atoms with van der Waals surface area (Å²) < 4.78 is 5.65. The molecule has 3 aromatic rings. The number of imide groups is 1. The molecule has 1 spiro atoms. The van der Waals surface area contributed by atoms with Crippen LogP contribution in [0.1, 0.15) is 34.8 Å². The smallest absolute Gasteiger partial charge is 0.325 e. The van der Waals surface area contributed by atoms with E-state index < -0.39 is 17.5 Å². The predicted molar refractivity (Wildman–Crippen MR) is 110 cm³/mol. The topological polar surface area (TPSA) is 91.5 Å². The molecule has 7 heteroatoms. The Balaban J connectivity index is 1.46. The number of amides is 3. The van der Waals surface area contributed by atoms with E-state index in [1.165, 1.54) is 0 Å². The number of para-hydroxylation sites is 2. The Kier molecular flexibility index (Phi) is 4.13. The number of urea groups is 1. The molecule has 2 N–H and O–H groups in total. The lowest BCUT2D eigenvalue weighted by Crippen LogP contribution is -2.47. The molecule has 1 aromatic heterocycles. The first-order valence-electron chi connectivity index (χ1n) is 10.0. The van der Waals surface area contributed by atoms with E-state index in [0.717, 1.165) is 27.8 Å². The van der Waals surface area contributed by atoms with Gasteiger partial charge in [0.15, 0.2) is 11.3 Å². The van der Waals surface area contributed by atoms with Crippen LogP contribution in [0.4, 0.5) is 4.79 Å². The number of benzene rings is 2. The van der Waals surface area contributed by atoms with Crippen LogP contribution in [-0.4, -0.2) is 40.8 Å². The summed E-state index contributed by atoms with van der Waals surface area (Å²) >= 11 is 0. The van der Waals surface area contributed by atoms with Gasteiger partial charge in [0.1, 0.15) is 5.75 Å². The zero-order valence-corrected chi connectivity index (χ0v) is 16.5. The summed E-state index contributed by atoms with van der Waals surface area (Å²) in [6, 6.07) is 12.4. The molecule has 1 atom stereocenters. The second kappa shape index (κ2) is 6.73. The molecule has 152 valence electrons. The number of ether oxygens (including phenoxy) is 1. The Morgan fingerprint density at radius 1 is 1.17 bits per heavy atom. The van der Waals surface area contributed by atoms with Crippen molar-refractivity contribution in [2.45, 2.75) is 25.3 Å². The number of ketones is 1.